The average molecular weight is 300 g/mol. The molecule has 21 heavy (non-hydrogen) atoms. The number of nitrogens with zero attached hydrogens (tertiary/aromatic N) is 1. The molecule has 2 heterocycles. The fourth-order valence-corrected chi connectivity index (χ4v) is 3.41. The lowest BCUT2D eigenvalue weighted by molar-refractivity contribution is -0.137. The Bertz CT molecular complexity index is 498. The summed E-state index contributed by atoms with van der Waals surface area (Å²) in [6, 6.07) is 2.21. The second-order valence-corrected chi connectivity index (χ2v) is 6.00. The van der Waals surface area contributed by atoms with Crippen molar-refractivity contribution in [3.05, 3.63) is 23.9 Å². The van der Waals surface area contributed by atoms with Crippen LogP contribution in [-0.4, -0.2) is 23.2 Å². The van der Waals surface area contributed by atoms with Crippen molar-refractivity contribution in [1.29, 1.82) is 0 Å². The first-order valence-corrected chi connectivity index (χ1v) is 7.41. The summed E-state index contributed by atoms with van der Waals surface area (Å²) in [5, 5.41) is 3.15. The minimum absolute atomic E-state index is 0.0580. The highest BCUT2D eigenvalue weighted by atomic mass is 19.4. The predicted octanol–water partition coefficient (Wildman–Crippen LogP) is 4.00. The second kappa shape index (κ2) is 5.48. The molecule has 2 fully saturated rings. The molecule has 3 rings (SSSR count). The quantitative estimate of drug-likeness (QED) is 0.896. The Morgan fingerprint density at radius 1 is 1.29 bits per heavy atom. The number of ether oxygens (including phenoxy) is 1. The first-order valence-electron chi connectivity index (χ1n) is 7.41. The van der Waals surface area contributed by atoms with Crippen LogP contribution in [0, 0.1) is 0 Å². The van der Waals surface area contributed by atoms with Crippen LogP contribution >= 0.6 is 0 Å². The summed E-state index contributed by atoms with van der Waals surface area (Å²) >= 11 is 0. The van der Waals surface area contributed by atoms with Gasteiger partial charge in [-0.15, -0.1) is 0 Å². The smallest absolute Gasteiger partial charge is 0.375 e. The van der Waals surface area contributed by atoms with E-state index < -0.39 is 11.7 Å². The fourth-order valence-electron chi connectivity index (χ4n) is 3.41. The number of anilines is 1. The van der Waals surface area contributed by atoms with Gasteiger partial charge in [-0.05, 0) is 37.8 Å². The van der Waals surface area contributed by atoms with Crippen LogP contribution in [0.25, 0.3) is 0 Å². The summed E-state index contributed by atoms with van der Waals surface area (Å²) in [6.45, 7) is 0.663. The van der Waals surface area contributed by atoms with Crippen molar-refractivity contribution in [2.75, 3.05) is 11.9 Å². The van der Waals surface area contributed by atoms with E-state index >= 15 is 0 Å². The summed E-state index contributed by atoms with van der Waals surface area (Å²) in [6.07, 6.45) is 2.99. The Labute approximate surface area is 121 Å². The number of hydrogen-bond acceptors (Lipinski definition) is 3. The van der Waals surface area contributed by atoms with Gasteiger partial charge in [0.05, 0.1) is 11.2 Å². The van der Waals surface area contributed by atoms with Gasteiger partial charge in [-0.2, -0.15) is 13.2 Å². The largest absolute Gasteiger partial charge is 0.416 e. The number of rotatable bonds is 2. The standard InChI is InChI=1S/C15H19F3N2O/c16-15(17,18)11-3-7-19-13(9-11)20-12-4-8-21-14(10-12)5-1-2-6-14/h3,7,9,12H,1-2,4-6,8,10H2,(H,19,20). The molecule has 6 heteroatoms. The van der Waals surface area contributed by atoms with Gasteiger partial charge in [-0.1, -0.05) is 12.8 Å². The molecule has 2 aliphatic rings. The van der Waals surface area contributed by atoms with Crippen LogP contribution in [0.4, 0.5) is 19.0 Å². The lowest BCUT2D eigenvalue weighted by Crippen LogP contribution is -2.42. The van der Waals surface area contributed by atoms with E-state index in [1.54, 1.807) is 0 Å². The lowest BCUT2D eigenvalue weighted by Gasteiger charge is -2.38. The number of aromatic nitrogens is 1. The Morgan fingerprint density at radius 3 is 2.76 bits per heavy atom. The normalized spacial score (nSPS) is 25.2. The average Bonchev–Trinajstić information content (AvgIpc) is 2.86. The van der Waals surface area contributed by atoms with E-state index in [1.807, 2.05) is 0 Å². The van der Waals surface area contributed by atoms with Gasteiger partial charge in [-0.25, -0.2) is 4.98 Å². The molecule has 3 nitrogen and oxygen atoms in total. The first kappa shape index (κ1) is 14.6. The molecule has 0 aromatic carbocycles. The SMILES string of the molecule is FC(F)(F)c1ccnc(NC2CCOC3(CCCC3)C2)c1. The second-order valence-electron chi connectivity index (χ2n) is 6.00. The first-order chi connectivity index (χ1) is 9.97. The van der Waals surface area contributed by atoms with Crippen molar-refractivity contribution in [1.82, 2.24) is 4.98 Å². The third-order valence-corrected chi connectivity index (χ3v) is 4.45. The van der Waals surface area contributed by atoms with Gasteiger partial charge in [0.15, 0.2) is 0 Å². The Hall–Kier alpha value is -1.30. The van der Waals surface area contributed by atoms with Gasteiger partial charge in [0.2, 0.25) is 0 Å². The molecule has 1 N–H and O–H groups in total. The summed E-state index contributed by atoms with van der Waals surface area (Å²) in [5.74, 6) is 0.296. The zero-order chi connectivity index (χ0) is 14.9. The van der Waals surface area contributed by atoms with Crippen molar-refractivity contribution in [3.63, 3.8) is 0 Å². The molecular formula is C15H19F3N2O. The topological polar surface area (TPSA) is 34.2 Å². The van der Waals surface area contributed by atoms with Crippen molar-refractivity contribution < 1.29 is 17.9 Å². The zero-order valence-electron chi connectivity index (χ0n) is 11.7. The van der Waals surface area contributed by atoms with Crippen LogP contribution in [0.3, 0.4) is 0 Å². The highest BCUT2D eigenvalue weighted by Gasteiger charge is 2.40. The third kappa shape index (κ3) is 3.31. The summed E-state index contributed by atoms with van der Waals surface area (Å²) in [7, 11) is 0. The van der Waals surface area contributed by atoms with Crippen LogP contribution in [0.2, 0.25) is 0 Å². The number of pyridine rings is 1. The maximum absolute atomic E-state index is 12.7. The Kier molecular flexibility index (Phi) is 3.82. The van der Waals surface area contributed by atoms with E-state index in [1.165, 1.54) is 19.0 Å². The maximum Gasteiger partial charge on any atom is 0.416 e. The van der Waals surface area contributed by atoms with Gasteiger partial charge in [0, 0.05) is 18.8 Å². The molecule has 0 amide bonds. The van der Waals surface area contributed by atoms with Crippen LogP contribution in [0.1, 0.15) is 44.1 Å². The summed E-state index contributed by atoms with van der Waals surface area (Å²) in [5.41, 5.74) is -0.722. The van der Waals surface area contributed by atoms with Crippen LogP contribution in [0.5, 0.6) is 0 Å². The molecule has 1 spiro atoms. The van der Waals surface area contributed by atoms with Gasteiger partial charge in [-0.3, -0.25) is 0 Å². The van der Waals surface area contributed by atoms with E-state index in [4.69, 9.17) is 4.74 Å². The summed E-state index contributed by atoms with van der Waals surface area (Å²) < 4.78 is 44.1. The van der Waals surface area contributed by atoms with Gasteiger partial charge < -0.3 is 10.1 Å². The van der Waals surface area contributed by atoms with Crippen molar-refractivity contribution in [2.45, 2.75) is 56.3 Å². The molecule has 0 bridgehead atoms. The molecule has 1 saturated carbocycles. The Morgan fingerprint density at radius 2 is 2.05 bits per heavy atom. The van der Waals surface area contributed by atoms with Crippen LogP contribution in [-0.2, 0) is 10.9 Å². The molecule has 1 aliphatic carbocycles. The van der Waals surface area contributed by atoms with Crippen LogP contribution < -0.4 is 5.32 Å². The molecule has 1 unspecified atom stereocenters. The van der Waals surface area contributed by atoms with E-state index in [0.717, 1.165) is 37.8 Å². The highest BCUT2D eigenvalue weighted by molar-refractivity contribution is 5.39. The Balaban J connectivity index is 1.69. The number of nitrogens with one attached hydrogen (secondary N) is 1. The molecule has 0 radical (unpaired) electrons. The zero-order valence-corrected chi connectivity index (χ0v) is 11.7. The molecule has 1 aliphatic heterocycles. The van der Waals surface area contributed by atoms with Gasteiger partial charge in [0.1, 0.15) is 5.82 Å². The van der Waals surface area contributed by atoms with Crippen molar-refractivity contribution in [2.24, 2.45) is 0 Å². The monoisotopic (exact) mass is 300 g/mol. The van der Waals surface area contributed by atoms with E-state index in [9.17, 15) is 13.2 Å². The third-order valence-electron chi connectivity index (χ3n) is 4.45. The molecule has 1 aromatic heterocycles. The molecule has 1 aromatic rings. The van der Waals surface area contributed by atoms with E-state index in [2.05, 4.69) is 10.3 Å². The molecule has 1 saturated heterocycles. The number of hydrogen-bond donors (Lipinski definition) is 1. The lowest BCUT2D eigenvalue weighted by atomic mass is 9.89. The van der Waals surface area contributed by atoms with E-state index in [0.29, 0.717) is 12.4 Å². The maximum atomic E-state index is 12.7. The molecule has 116 valence electrons. The summed E-state index contributed by atoms with van der Waals surface area (Å²) in [4.78, 5) is 4.01. The van der Waals surface area contributed by atoms with Gasteiger partial charge >= 0.3 is 6.18 Å². The van der Waals surface area contributed by atoms with Crippen molar-refractivity contribution in [3.8, 4) is 0 Å². The van der Waals surface area contributed by atoms with Gasteiger partial charge in [0.25, 0.3) is 0 Å². The fraction of sp³-hybridized carbons (Fsp3) is 0.667. The number of halogens is 3. The number of alkyl halides is 3. The highest BCUT2D eigenvalue weighted by Crippen LogP contribution is 2.40. The molecule has 1 atom stereocenters. The molecular weight excluding hydrogens is 281 g/mol. The predicted molar refractivity (Wildman–Crippen MR) is 73.0 cm³/mol. The van der Waals surface area contributed by atoms with Crippen LogP contribution in [0.15, 0.2) is 18.3 Å². The van der Waals surface area contributed by atoms with Crippen molar-refractivity contribution >= 4 is 5.82 Å². The van der Waals surface area contributed by atoms with E-state index in [-0.39, 0.29) is 11.6 Å². The minimum atomic E-state index is -4.33. The minimum Gasteiger partial charge on any atom is -0.375 e.